The summed E-state index contributed by atoms with van der Waals surface area (Å²) < 4.78 is 0. The predicted molar refractivity (Wildman–Crippen MR) is 72.3 cm³/mol. The summed E-state index contributed by atoms with van der Waals surface area (Å²) in [5, 5.41) is 8.78. The fraction of sp³-hybridized carbons (Fsp3) is 0.267. The average Bonchev–Trinajstić information content (AvgIpc) is 2.63. The summed E-state index contributed by atoms with van der Waals surface area (Å²) in [5.41, 5.74) is 1.21. The van der Waals surface area contributed by atoms with E-state index in [1.54, 1.807) is 0 Å². The van der Waals surface area contributed by atoms with Gasteiger partial charge in [-0.15, -0.1) is 0 Å². The summed E-state index contributed by atoms with van der Waals surface area (Å²) in [5.74, 6) is 0.123. The number of benzene rings is 2. The number of nitrogens with one attached hydrogen (secondary N) is 2. The molecular weight excluding hydrogens is 224 g/mol. The molecule has 1 aliphatic rings. The lowest BCUT2D eigenvalue weighted by Gasteiger charge is -2.17. The smallest absolute Gasteiger partial charge is 0.221 e. The highest BCUT2D eigenvalue weighted by Gasteiger charge is 2.19. The monoisotopic (exact) mass is 240 g/mol. The van der Waals surface area contributed by atoms with Crippen LogP contribution in [0, 0.1) is 0 Å². The maximum Gasteiger partial charge on any atom is 0.221 e. The first-order chi connectivity index (χ1) is 8.84. The standard InChI is InChI=1S/C15H16N2O/c18-15-10-14(16-8-9-17-15)13-7-3-5-11-4-1-2-6-12(11)13/h1-7,14,16H,8-10H2,(H,17,18). The molecule has 0 saturated carbocycles. The molecule has 2 aromatic carbocycles. The van der Waals surface area contributed by atoms with Gasteiger partial charge in [0, 0.05) is 25.6 Å². The van der Waals surface area contributed by atoms with Gasteiger partial charge in [-0.25, -0.2) is 0 Å². The van der Waals surface area contributed by atoms with Crippen molar-refractivity contribution in [2.45, 2.75) is 12.5 Å². The average molecular weight is 240 g/mol. The van der Waals surface area contributed by atoms with Crippen molar-refractivity contribution in [1.29, 1.82) is 0 Å². The lowest BCUT2D eigenvalue weighted by molar-refractivity contribution is -0.121. The molecular formula is C15H16N2O. The Bertz CT molecular complexity index is 574. The summed E-state index contributed by atoms with van der Waals surface area (Å²) in [6, 6.07) is 14.7. The highest BCUT2D eigenvalue weighted by atomic mass is 16.1. The molecule has 18 heavy (non-hydrogen) atoms. The van der Waals surface area contributed by atoms with Gasteiger partial charge in [0.15, 0.2) is 0 Å². The van der Waals surface area contributed by atoms with Crippen LogP contribution in [0.2, 0.25) is 0 Å². The molecule has 1 fully saturated rings. The number of rotatable bonds is 1. The zero-order valence-electron chi connectivity index (χ0n) is 10.1. The molecule has 3 heteroatoms. The summed E-state index contributed by atoms with van der Waals surface area (Å²) in [4.78, 5) is 11.7. The molecule has 3 rings (SSSR count). The molecule has 1 atom stereocenters. The Labute approximate surface area is 106 Å². The molecule has 0 aromatic heterocycles. The molecule has 1 saturated heterocycles. The minimum Gasteiger partial charge on any atom is -0.355 e. The normalized spacial score (nSPS) is 20.4. The SMILES string of the molecule is O=C1CC(c2cccc3ccccc23)NCCN1. The van der Waals surface area contributed by atoms with Crippen molar-refractivity contribution in [2.75, 3.05) is 13.1 Å². The number of fused-ring (bicyclic) bond motifs is 1. The molecule has 1 aliphatic heterocycles. The predicted octanol–water partition coefficient (Wildman–Crippen LogP) is 1.99. The second kappa shape index (κ2) is 4.78. The van der Waals surface area contributed by atoms with Crippen LogP contribution in [0.3, 0.4) is 0 Å². The van der Waals surface area contributed by atoms with Crippen LogP contribution in [-0.2, 0) is 4.79 Å². The molecule has 0 radical (unpaired) electrons. The van der Waals surface area contributed by atoms with E-state index in [0.29, 0.717) is 13.0 Å². The van der Waals surface area contributed by atoms with Gasteiger partial charge in [0.05, 0.1) is 0 Å². The molecule has 1 unspecified atom stereocenters. The molecule has 0 bridgehead atoms. The van der Waals surface area contributed by atoms with E-state index in [2.05, 4.69) is 41.0 Å². The van der Waals surface area contributed by atoms with E-state index < -0.39 is 0 Å². The Morgan fingerprint density at radius 2 is 1.83 bits per heavy atom. The summed E-state index contributed by atoms with van der Waals surface area (Å²) in [6.07, 6.45) is 0.508. The molecule has 1 heterocycles. The topological polar surface area (TPSA) is 41.1 Å². The minimum absolute atomic E-state index is 0.110. The van der Waals surface area contributed by atoms with Crippen molar-refractivity contribution >= 4 is 16.7 Å². The molecule has 1 amide bonds. The fourth-order valence-electron chi connectivity index (χ4n) is 2.55. The van der Waals surface area contributed by atoms with Crippen molar-refractivity contribution in [3.05, 3.63) is 48.0 Å². The zero-order chi connectivity index (χ0) is 12.4. The molecule has 0 spiro atoms. The number of hydrogen-bond acceptors (Lipinski definition) is 2. The van der Waals surface area contributed by atoms with Gasteiger partial charge in [0.2, 0.25) is 5.91 Å². The number of carbonyl (C=O) groups excluding carboxylic acids is 1. The lowest BCUT2D eigenvalue weighted by Crippen LogP contribution is -2.24. The van der Waals surface area contributed by atoms with Crippen LogP contribution in [0.5, 0.6) is 0 Å². The van der Waals surface area contributed by atoms with Gasteiger partial charge in [0.1, 0.15) is 0 Å². The third-order valence-corrected chi connectivity index (χ3v) is 3.43. The lowest BCUT2D eigenvalue weighted by atomic mass is 9.97. The first-order valence-corrected chi connectivity index (χ1v) is 6.32. The molecule has 0 aliphatic carbocycles. The Balaban J connectivity index is 2.05. The van der Waals surface area contributed by atoms with E-state index in [1.807, 2.05) is 12.1 Å². The first kappa shape index (κ1) is 11.2. The summed E-state index contributed by atoms with van der Waals surface area (Å²) in [6.45, 7) is 1.53. The molecule has 92 valence electrons. The van der Waals surface area contributed by atoms with Crippen molar-refractivity contribution < 1.29 is 4.79 Å². The van der Waals surface area contributed by atoms with Gasteiger partial charge >= 0.3 is 0 Å². The van der Waals surface area contributed by atoms with Gasteiger partial charge < -0.3 is 10.6 Å². The number of amides is 1. The highest BCUT2D eigenvalue weighted by Crippen LogP contribution is 2.26. The highest BCUT2D eigenvalue weighted by molar-refractivity contribution is 5.87. The van der Waals surface area contributed by atoms with Gasteiger partial charge in [-0.3, -0.25) is 4.79 Å². The summed E-state index contributed by atoms with van der Waals surface area (Å²) >= 11 is 0. The Morgan fingerprint density at radius 1 is 1.00 bits per heavy atom. The summed E-state index contributed by atoms with van der Waals surface area (Å²) in [7, 11) is 0. The number of carbonyl (C=O) groups is 1. The van der Waals surface area contributed by atoms with E-state index in [0.717, 1.165) is 6.54 Å². The third-order valence-electron chi connectivity index (χ3n) is 3.43. The second-order valence-electron chi connectivity index (χ2n) is 4.63. The van der Waals surface area contributed by atoms with Crippen molar-refractivity contribution in [3.63, 3.8) is 0 Å². The van der Waals surface area contributed by atoms with E-state index in [4.69, 9.17) is 0 Å². The first-order valence-electron chi connectivity index (χ1n) is 6.32. The van der Waals surface area contributed by atoms with E-state index in [9.17, 15) is 4.79 Å². The van der Waals surface area contributed by atoms with Crippen molar-refractivity contribution in [2.24, 2.45) is 0 Å². The second-order valence-corrected chi connectivity index (χ2v) is 4.63. The van der Waals surface area contributed by atoms with Gasteiger partial charge in [0.25, 0.3) is 0 Å². The molecule has 2 N–H and O–H groups in total. The van der Waals surface area contributed by atoms with Crippen molar-refractivity contribution in [1.82, 2.24) is 10.6 Å². The van der Waals surface area contributed by atoms with Crippen molar-refractivity contribution in [3.8, 4) is 0 Å². The Kier molecular flexibility index (Phi) is 2.99. The molecule has 2 aromatic rings. The maximum atomic E-state index is 11.7. The minimum atomic E-state index is 0.110. The third kappa shape index (κ3) is 2.09. The van der Waals surface area contributed by atoms with Gasteiger partial charge in [-0.1, -0.05) is 42.5 Å². The van der Waals surface area contributed by atoms with E-state index in [1.165, 1.54) is 16.3 Å². The Hall–Kier alpha value is -1.87. The van der Waals surface area contributed by atoms with Crippen LogP contribution in [0.25, 0.3) is 10.8 Å². The number of hydrogen-bond donors (Lipinski definition) is 2. The van der Waals surface area contributed by atoms with Gasteiger partial charge in [-0.05, 0) is 16.3 Å². The van der Waals surface area contributed by atoms with Crippen LogP contribution in [0.1, 0.15) is 18.0 Å². The quantitative estimate of drug-likeness (QED) is 0.800. The Morgan fingerprint density at radius 3 is 2.78 bits per heavy atom. The van der Waals surface area contributed by atoms with Crippen LogP contribution in [0.15, 0.2) is 42.5 Å². The van der Waals surface area contributed by atoms with Gasteiger partial charge in [-0.2, -0.15) is 0 Å². The van der Waals surface area contributed by atoms with E-state index in [-0.39, 0.29) is 11.9 Å². The zero-order valence-corrected chi connectivity index (χ0v) is 10.1. The van der Waals surface area contributed by atoms with Crippen LogP contribution in [-0.4, -0.2) is 19.0 Å². The maximum absolute atomic E-state index is 11.7. The van der Waals surface area contributed by atoms with Crippen LogP contribution in [0.4, 0.5) is 0 Å². The van der Waals surface area contributed by atoms with Crippen LogP contribution >= 0.6 is 0 Å². The van der Waals surface area contributed by atoms with E-state index >= 15 is 0 Å². The fourth-order valence-corrected chi connectivity index (χ4v) is 2.55. The molecule has 3 nitrogen and oxygen atoms in total. The van der Waals surface area contributed by atoms with Crippen LogP contribution < -0.4 is 10.6 Å². The largest absolute Gasteiger partial charge is 0.355 e.